The highest BCUT2D eigenvalue weighted by Gasteiger charge is 2.28. The molecule has 22 heavy (non-hydrogen) atoms. The molecule has 1 aliphatic rings. The van der Waals surface area contributed by atoms with E-state index in [-0.39, 0.29) is 17.4 Å². The van der Waals surface area contributed by atoms with E-state index in [0.717, 1.165) is 29.8 Å². The van der Waals surface area contributed by atoms with Gasteiger partial charge in [0.2, 0.25) is 0 Å². The van der Waals surface area contributed by atoms with Gasteiger partial charge < -0.3 is 25.0 Å². The highest BCUT2D eigenvalue weighted by molar-refractivity contribution is 5.54. The van der Waals surface area contributed by atoms with Crippen molar-refractivity contribution in [3.63, 3.8) is 0 Å². The largest absolute Gasteiger partial charge is 0.504 e. The first kappa shape index (κ1) is 14.5. The fourth-order valence-electron chi connectivity index (χ4n) is 3.10. The van der Waals surface area contributed by atoms with E-state index in [1.165, 1.54) is 7.11 Å². The Bertz CT molecular complexity index is 699. The number of hydrogen-bond donors (Lipinski definition) is 3. The second kappa shape index (κ2) is 5.77. The second-order valence-corrected chi connectivity index (χ2v) is 5.40. The van der Waals surface area contributed by atoms with Crippen LogP contribution in [0, 0.1) is 0 Å². The molecule has 0 aliphatic carbocycles. The Morgan fingerprint density at radius 3 is 2.45 bits per heavy atom. The second-order valence-electron chi connectivity index (χ2n) is 5.40. The van der Waals surface area contributed by atoms with E-state index in [1.54, 1.807) is 25.3 Å². The van der Waals surface area contributed by atoms with Gasteiger partial charge in [0.25, 0.3) is 0 Å². The zero-order valence-corrected chi connectivity index (χ0v) is 12.7. The van der Waals surface area contributed by atoms with E-state index >= 15 is 0 Å². The van der Waals surface area contributed by atoms with Gasteiger partial charge in [-0.1, -0.05) is 12.1 Å². The summed E-state index contributed by atoms with van der Waals surface area (Å²) in [6.45, 7) is 1.58. The van der Waals surface area contributed by atoms with Gasteiger partial charge in [-0.15, -0.1) is 0 Å². The maximum absolute atomic E-state index is 10.3. The Morgan fingerprint density at radius 1 is 1.05 bits per heavy atom. The summed E-state index contributed by atoms with van der Waals surface area (Å²) in [5, 5.41) is 22.5. The molecule has 116 valence electrons. The Labute approximate surface area is 129 Å². The third-order valence-corrected chi connectivity index (χ3v) is 4.23. The van der Waals surface area contributed by atoms with Crippen LogP contribution >= 0.6 is 0 Å². The molecule has 0 radical (unpaired) electrons. The van der Waals surface area contributed by atoms with Crippen molar-refractivity contribution < 1.29 is 25.0 Å². The van der Waals surface area contributed by atoms with Gasteiger partial charge in [0.05, 0.1) is 32.2 Å². The number of aromatic hydroxyl groups is 2. The molecule has 0 spiro atoms. The summed E-state index contributed by atoms with van der Waals surface area (Å²) in [5.41, 5.74) is 2.97. The van der Waals surface area contributed by atoms with Crippen molar-refractivity contribution in [1.29, 1.82) is 0 Å². The molecule has 3 rings (SSSR count). The van der Waals surface area contributed by atoms with Gasteiger partial charge >= 0.3 is 0 Å². The van der Waals surface area contributed by atoms with Crippen molar-refractivity contribution in [3.8, 4) is 23.0 Å². The number of ether oxygens (including phenoxy) is 2. The van der Waals surface area contributed by atoms with E-state index in [0.29, 0.717) is 11.5 Å². The zero-order chi connectivity index (χ0) is 15.7. The molecule has 4 N–H and O–H groups in total. The third kappa shape index (κ3) is 2.33. The summed E-state index contributed by atoms with van der Waals surface area (Å²) < 4.78 is 10.3. The van der Waals surface area contributed by atoms with E-state index in [9.17, 15) is 10.2 Å². The molecule has 5 heteroatoms. The van der Waals surface area contributed by atoms with E-state index < -0.39 is 0 Å². The van der Waals surface area contributed by atoms with Gasteiger partial charge in [0.15, 0.2) is 23.0 Å². The summed E-state index contributed by atoms with van der Waals surface area (Å²) in [4.78, 5) is 0. The lowest BCUT2D eigenvalue weighted by Gasteiger charge is -2.26. The Hall–Kier alpha value is -2.40. The third-order valence-electron chi connectivity index (χ3n) is 4.23. The molecule has 2 aromatic rings. The maximum atomic E-state index is 10.3. The Morgan fingerprint density at radius 2 is 1.77 bits per heavy atom. The SMILES string of the molecule is COc1ccc([C@H]2C[NH2+]Cc3c2ccc(OC)c3O)cc1O. The number of nitrogens with two attached hydrogens (primary N) is 1. The van der Waals surface area contributed by atoms with Gasteiger partial charge in [-0.3, -0.25) is 0 Å². The molecule has 5 nitrogen and oxygen atoms in total. The predicted octanol–water partition coefficient (Wildman–Crippen LogP) is 1.32. The van der Waals surface area contributed by atoms with Gasteiger partial charge in [-0.25, -0.2) is 0 Å². The smallest absolute Gasteiger partial charge is 0.166 e. The van der Waals surface area contributed by atoms with Crippen LogP contribution in [0.3, 0.4) is 0 Å². The number of benzene rings is 2. The number of fused-ring (bicyclic) bond motifs is 1. The number of methoxy groups -OCH3 is 2. The first-order chi connectivity index (χ1) is 10.7. The van der Waals surface area contributed by atoms with Crippen LogP contribution < -0.4 is 14.8 Å². The standard InChI is InChI=1S/C17H19NO4/c1-21-15-5-3-10(7-14(15)19)12-8-18-9-13-11(12)4-6-16(22-2)17(13)20/h3-7,12,18-20H,8-9H2,1-2H3/p+1/t12-/m1/s1. The van der Waals surface area contributed by atoms with E-state index in [4.69, 9.17) is 9.47 Å². The summed E-state index contributed by atoms with van der Waals surface area (Å²) in [6, 6.07) is 9.23. The number of quaternary nitrogens is 1. The molecular weight excluding hydrogens is 282 g/mol. The van der Waals surface area contributed by atoms with Crippen molar-refractivity contribution in [1.82, 2.24) is 0 Å². The van der Waals surface area contributed by atoms with Crippen LogP contribution in [-0.4, -0.2) is 31.0 Å². The summed E-state index contributed by atoms with van der Waals surface area (Å²) in [6.07, 6.45) is 0. The maximum Gasteiger partial charge on any atom is 0.166 e. The first-order valence-corrected chi connectivity index (χ1v) is 7.23. The molecule has 0 saturated carbocycles. The molecule has 0 fully saturated rings. The van der Waals surface area contributed by atoms with Crippen molar-refractivity contribution >= 4 is 0 Å². The molecule has 1 atom stereocenters. The molecule has 0 saturated heterocycles. The molecule has 2 aromatic carbocycles. The lowest BCUT2D eigenvalue weighted by atomic mass is 9.85. The fraction of sp³-hybridized carbons (Fsp3) is 0.294. The lowest BCUT2D eigenvalue weighted by molar-refractivity contribution is -0.675. The number of phenols is 2. The molecular formula is C17H20NO4+. The quantitative estimate of drug-likeness (QED) is 0.799. The van der Waals surface area contributed by atoms with Crippen molar-refractivity contribution in [2.75, 3.05) is 20.8 Å². The predicted molar refractivity (Wildman–Crippen MR) is 81.7 cm³/mol. The summed E-state index contributed by atoms with van der Waals surface area (Å²) >= 11 is 0. The molecule has 1 heterocycles. The van der Waals surface area contributed by atoms with Crippen LogP contribution in [0.4, 0.5) is 0 Å². The normalized spacial score (nSPS) is 16.9. The molecule has 0 bridgehead atoms. The van der Waals surface area contributed by atoms with Gasteiger partial charge in [0, 0.05) is 0 Å². The summed E-state index contributed by atoms with van der Waals surface area (Å²) in [7, 11) is 3.08. The van der Waals surface area contributed by atoms with Crippen LogP contribution in [0.15, 0.2) is 30.3 Å². The lowest BCUT2D eigenvalue weighted by Crippen LogP contribution is -2.85. The number of rotatable bonds is 3. The van der Waals surface area contributed by atoms with Gasteiger partial charge in [-0.05, 0) is 29.3 Å². The minimum absolute atomic E-state index is 0.109. The Kier molecular flexibility index (Phi) is 3.81. The number of phenolic OH excluding ortho intramolecular Hbond substituents is 2. The Balaban J connectivity index is 2.05. The van der Waals surface area contributed by atoms with Crippen molar-refractivity contribution in [3.05, 3.63) is 47.0 Å². The van der Waals surface area contributed by atoms with Crippen LogP contribution in [0.2, 0.25) is 0 Å². The highest BCUT2D eigenvalue weighted by atomic mass is 16.5. The van der Waals surface area contributed by atoms with Crippen LogP contribution in [0.1, 0.15) is 22.6 Å². The summed E-state index contributed by atoms with van der Waals surface area (Å²) in [5.74, 6) is 1.40. The fourth-order valence-corrected chi connectivity index (χ4v) is 3.10. The molecule has 0 aromatic heterocycles. The zero-order valence-electron chi connectivity index (χ0n) is 12.7. The first-order valence-electron chi connectivity index (χ1n) is 7.23. The van der Waals surface area contributed by atoms with E-state index in [2.05, 4.69) is 5.32 Å². The van der Waals surface area contributed by atoms with Crippen LogP contribution in [0.5, 0.6) is 23.0 Å². The van der Waals surface area contributed by atoms with E-state index in [1.807, 2.05) is 12.1 Å². The number of hydrogen-bond acceptors (Lipinski definition) is 4. The minimum atomic E-state index is 0.109. The van der Waals surface area contributed by atoms with Crippen LogP contribution in [0.25, 0.3) is 0 Å². The molecule has 0 amide bonds. The van der Waals surface area contributed by atoms with Crippen molar-refractivity contribution in [2.24, 2.45) is 0 Å². The van der Waals surface area contributed by atoms with Gasteiger partial charge in [-0.2, -0.15) is 0 Å². The minimum Gasteiger partial charge on any atom is -0.504 e. The average molecular weight is 302 g/mol. The highest BCUT2D eigenvalue weighted by Crippen LogP contribution is 2.39. The average Bonchev–Trinajstić information content (AvgIpc) is 2.55. The monoisotopic (exact) mass is 302 g/mol. The van der Waals surface area contributed by atoms with Crippen LogP contribution in [-0.2, 0) is 6.54 Å². The van der Waals surface area contributed by atoms with Gasteiger partial charge in [0.1, 0.15) is 6.54 Å². The van der Waals surface area contributed by atoms with Crippen molar-refractivity contribution in [2.45, 2.75) is 12.5 Å². The molecule has 0 unspecified atom stereocenters. The molecule has 1 aliphatic heterocycles. The topological polar surface area (TPSA) is 75.5 Å².